The van der Waals surface area contributed by atoms with Crippen molar-refractivity contribution in [3.8, 4) is 11.5 Å². The van der Waals surface area contributed by atoms with Gasteiger partial charge in [0.15, 0.2) is 11.6 Å². The number of ether oxygens (including phenoxy) is 2. The Morgan fingerprint density at radius 1 is 0.767 bits per heavy atom. The van der Waals surface area contributed by atoms with Gasteiger partial charge in [0.1, 0.15) is 23.0 Å². The van der Waals surface area contributed by atoms with E-state index in [1.807, 2.05) is 60.4 Å². The van der Waals surface area contributed by atoms with Crippen molar-refractivity contribution in [2.75, 3.05) is 24.4 Å². The van der Waals surface area contributed by atoms with Crippen LogP contribution in [-0.4, -0.2) is 43.8 Å². The van der Waals surface area contributed by atoms with Gasteiger partial charge in [-0.25, -0.2) is 0 Å². The van der Waals surface area contributed by atoms with Crippen molar-refractivity contribution in [2.24, 2.45) is 5.92 Å². The summed E-state index contributed by atoms with van der Waals surface area (Å²) in [7, 11) is 3.14. The van der Waals surface area contributed by atoms with E-state index < -0.39 is 23.4 Å². The second-order valence-corrected chi connectivity index (χ2v) is 11.2. The minimum absolute atomic E-state index is 0.240. The molecule has 3 aliphatic heterocycles. The van der Waals surface area contributed by atoms with E-state index in [1.165, 1.54) is 0 Å². The molecule has 4 atom stereocenters. The second-order valence-electron chi connectivity index (χ2n) is 11.2. The molecule has 4 aromatic rings. The van der Waals surface area contributed by atoms with Crippen molar-refractivity contribution >= 4 is 34.4 Å². The fraction of sp³-hybridized carbons (Fsp3) is 0.194. The van der Waals surface area contributed by atoms with Crippen LogP contribution < -0.4 is 19.7 Å². The summed E-state index contributed by atoms with van der Waals surface area (Å²) in [6.07, 6.45) is 2.06. The molecule has 0 bridgehead atoms. The molecule has 3 heterocycles. The molecule has 4 aromatic carbocycles. The minimum Gasteiger partial charge on any atom is -0.497 e. The average molecular weight is 571 g/mol. The number of benzene rings is 4. The lowest BCUT2D eigenvalue weighted by atomic mass is 9.64. The van der Waals surface area contributed by atoms with Gasteiger partial charge in [0.2, 0.25) is 5.91 Å². The number of hydrogen-bond acceptors (Lipinski definition) is 6. The molecule has 3 aliphatic rings. The van der Waals surface area contributed by atoms with Gasteiger partial charge in [-0.3, -0.25) is 14.4 Å². The summed E-state index contributed by atoms with van der Waals surface area (Å²) in [4.78, 5) is 46.2. The van der Waals surface area contributed by atoms with Crippen LogP contribution in [0.25, 0.3) is 5.57 Å². The number of para-hydroxylation sites is 2. The molecule has 214 valence electrons. The van der Waals surface area contributed by atoms with Gasteiger partial charge in [-0.15, -0.1) is 0 Å². The molecule has 43 heavy (non-hydrogen) atoms. The van der Waals surface area contributed by atoms with Crippen LogP contribution in [0.5, 0.6) is 11.5 Å². The number of methoxy groups -OCH3 is 2. The number of Topliss-reactive ketones (excluding diaryl/α,β-unsaturated/α-hetero) is 2. The van der Waals surface area contributed by atoms with Crippen molar-refractivity contribution in [3.63, 3.8) is 0 Å². The molecule has 7 rings (SSSR count). The van der Waals surface area contributed by atoms with Gasteiger partial charge in [0.05, 0.1) is 26.2 Å². The van der Waals surface area contributed by atoms with Crippen molar-refractivity contribution in [1.82, 2.24) is 0 Å². The van der Waals surface area contributed by atoms with E-state index in [-0.39, 0.29) is 17.5 Å². The van der Waals surface area contributed by atoms with Crippen LogP contribution in [0.3, 0.4) is 0 Å². The van der Waals surface area contributed by atoms with Crippen molar-refractivity contribution in [1.29, 1.82) is 0 Å². The Bertz CT molecular complexity index is 1810. The number of fused-ring (bicyclic) bond motifs is 6. The van der Waals surface area contributed by atoms with E-state index in [0.29, 0.717) is 28.3 Å². The third-order valence-electron chi connectivity index (χ3n) is 9.18. The Morgan fingerprint density at radius 2 is 1.35 bits per heavy atom. The van der Waals surface area contributed by atoms with E-state index in [4.69, 9.17) is 9.47 Å². The highest BCUT2D eigenvalue weighted by Crippen LogP contribution is 2.58. The van der Waals surface area contributed by atoms with E-state index in [9.17, 15) is 14.4 Å². The van der Waals surface area contributed by atoms with Gasteiger partial charge in [-0.1, -0.05) is 42.5 Å². The Balaban J connectivity index is 1.52. The number of carbonyl (C=O) groups is 3. The number of anilines is 2. The lowest BCUT2D eigenvalue weighted by molar-refractivity contribution is -0.121. The second kappa shape index (κ2) is 9.98. The third-order valence-corrected chi connectivity index (χ3v) is 9.18. The fourth-order valence-corrected chi connectivity index (χ4v) is 7.25. The summed E-state index contributed by atoms with van der Waals surface area (Å²) in [6.45, 7) is 2.02. The molecule has 0 aromatic heterocycles. The number of amides is 1. The van der Waals surface area contributed by atoms with Crippen molar-refractivity contribution < 1.29 is 23.9 Å². The normalized spacial score (nSPS) is 23.1. The van der Waals surface area contributed by atoms with E-state index in [1.54, 1.807) is 62.8 Å². The molecule has 1 spiro atoms. The quantitative estimate of drug-likeness (QED) is 0.289. The molecule has 7 heteroatoms. The predicted octanol–water partition coefficient (Wildman–Crippen LogP) is 5.95. The molecule has 0 radical (unpaired) electrons. The molecule has 1 saturated heterocycles. The monoisotopic (exact) mass is 570 g/mol. The van der Waals surface area contributed by atoms with Crippen LogP contribution >= 0.6 is 0 Å². The summed E-state index contributed by atoms with van der Waals surface area (Å²) in [5.41, 5.74) is 3.62. The van der Waals surface area contributed by atoms with Crippen LogP contribution in [0.15, 0.2) is 103 Å². The van der Waals surface area contributed by atoms with Crippen LogP contribution in [0.4, 0.5) is 11.4 Å². The zero-order valence-electron chi connectivity index (χ0n) is 24.0. The first-order valence-electron chi connectivity index (χ1n) is 14.2. The highest BCUT2D eigenvalue weighted by Gasteiger charge is 2.70. The highest BCUT2D eigenvalue weighted by molar-refractivity contribution is 6.18. The maximum absolute atomic E-state index is 14.9. The van der Waals surface area contributed by atoms with Gasteiger partial charge in [0, 0.05) is 28.1 Å². The van der Waals surface area contributed by atoms with E-state index >= 15 is 0 Å². The van der Waals surface area contributed by atoms with Gasteiger partial charge >= 0.3 is 0 Å². The molecule has 1 amide bonds. The first kappa shape index (κ1) is 26.7. The topological polar surface area (TPSA) is 84.9 Å². The highest BCUT2D eigenvalue weighted by atomic mass is 16.5. The Hall–Kier alpha value is -5.17. The third kappa shape index (κ3) is 3.77. The SMILES string of the molecule is COc1ccc(C(=O)[C@@H]2[C@H](C(=O)c3ccc(OC)cc3)[C@@]3(C(=O)Nc4ccccc43)[C@@H]3C=C(C)c4ccccc4N23)cc1. The summed E-state index contributed by atoms with van der Waals surface area (Å²) in [5, 5.41) is 3.08. The fourth-order valence-electron chi connectivity index (χ4n) is 7.25. The molecule has 1 N–H and O–H groups in total. The number of ketones is 2. The minimum atomic E-state index is -1.37. The molecular weight excluding hydrogens is 540 g/mol. The molecule has 0 aliphatic carbocycles. The van der Waals surface area contributed by atoms with Gasteiger partial charge in [-0.2, -0.15) is 0 Å². The van der Waals surface area contributed by atoms with E-state index in [0.717, 1.165) is 22.4 Å². The predicted molar refractivity (Wildman–Crippen MR) is 165 cm³/mol. The maximum atomic E-state index is 14.9. The first-order chi connectivity index (χ1) is 20.9. The molecular formula is C36H30N2O5. The zero-order chi connectivity index (χ0) is 29.9. The molecule has 1 fully saturated rings. The number of nitrogens with one attached hydrogen (secondary N) is 1. The maximum Gasteiger partial charge on any atom is 0.238 e. The molecule has 0 unspecified atom stereocenters. The summed E-state index contributed by atoms with van der Waals surface area (Å²) < 4.78 is 10.7. The zero-order valence-corrected chi connectivity index (χ0v) is 24.0. The van der Waals surface area contributed by atoms with Crippen molar-refractivity contribution in [3.05, 3.63) is 125 Å². The summed E-state index contributed by atoms with van der Waals surface area (Å²) in [5.74, 6) is -0.620. The Kier molecular flexibility index (Phi) is 6.20. The summed E-state index contributed by atoms with van der Waals surface area (Å²) >= 11 is 0. The number of allylic oxidation sites excluding steroid dienone is 1. The lowest BCUT2D eigenvalue weighted by Crippen LogP contribution is -2.51. The van der Waals surface area contributed by atoms with Crippen LogP contribution in [-0.2, 0) is 10.2 Å². The summed E-state index contributed by atoms with van der Waals surface area (Å²) in [6, 6.07) is 27.6. The number of carbonyl (C=O) groups excluding carboxylic acids is 3. The van der Waals surface area contributed by atoms with Gasteiger partial charge in [0.25, 0.3) is 0 Å². The number of hydrogen-bond donors (Lipinski definition) is 1. The van der Waals surface area contributed by atoms with Gasteiger partial charge in [-0.05, 0) is 78.7 Å². The lowest BCUT2D eigenvalue weighted by Gasteiger charge is -2.39. The Labute approximate surface area is 249 Å². The smallest absolute Gasteiger partial charge is 0.238 e. The number of nitrogens with zero attached hydrogens (tertiary/aromatic N) is 1. The Morgan fingerprint density at radius 3 is 2.00 bits per heavy atom. The van der Waals surface area contributed by atoms with Gasteiger partial charge < -0.3 is 19.7 Å². The van der Waals surface area contributed by atoms with Crippen LogP contribution in [0.2, 0.25) is 0 Å². The largest absolute Gasteiger partial charge is 0.497 e. The first-order valence-corrected chi connectivity index (χ1v) is 14.2. The standard InChI is InChI=1S/C36H30N2O5/c1-21-20-30-36(27-9-5-6-10-28(27)37-35(36)41)31(33(39)22-12-16-24(42-2)17-13-22)32(38(30)29-11-7-4-8-26(21)29)34(40)23-14-18-25(43-3)19-15-23/h4-20,30-32H,1-3H3,(H,37,41)/t30-,31+,32-,36-/m0/s1. The van der Waals surface area contributed by atoms with E-state index in [2.05, 4.69) is 11.4 Å². The molecule has 7 nitrogen and oxygen atoms in total. The van der Waals surface area contributed by atoms with Crippen LogP contribution in [0, 0.1) is 5.92 Å². The average Bonchev–Trinajstić information content (AvgIpc) is 3.52. The van der Waals surface area contributed by atoms with Crippen LogP contribution in [0.1, 0.15) is 38.8 Å². The van der Waals surface area contributed by atoms with Crippen molar-refractivity contribution in [2.45, 2.75) is 24.4 Å². The molecule has 0 saturated carbocycles. The number of rotatable bonds is 6.